The van der Waals surface area contributed by atoms with Gasteiger partial charge in [0.2, 0.25) is 0 Å². The molecule has 2 heterocycles. The molecule has 2 N–H and O–H groups in total. The Labute approximate surface area is 250 Å². The van der Waals surface area contributed by atoms with Gasteiger partial charge < -0.3 is 20.1 Å². The molecule has 3 aliphatic carbocycles. The molecule has 1 saturated carbocycles. The van der Waals surface area contributed by atoms with Crippen LogP contribution < -0.4 is 15.0 Å². The Kier molecular flexibility index (Phi) is 6.75. The normalized spacial score (nSPS) is 24.3. The Bertz CT molecular complexity index is 1690. The summed E-state index contributed by atoms with van der Waals surface area (Å²) in [5.41, 5.74) is -1.34. The number of amides is 1. The number of fused-ring (bicyclic) bond motifs is 3. The largest absolute Gasteiger partial charge is 0.573 e. The zero-order valence-electron chi connectivity index (χ0n) is 22.7. The molecule has 13 heteroatoms. The molecule has 4 aliphatic rings. The van der Waals surface area contributed by atoms with Gasteiger partial charge >= 0.3 is 12.3 Å². The van der Waals surface area contributed by atoms with Crippen LogP contribution in [0.1, 0.15) is 47.2 Å². The third-order valence-electron chi connectivity index (χ3n) is 8.65. The van der Waals surface area contributed by atoms with Crippen LogP contribution in [0.3, 0.4) is 0 Å². The van der Waals surface area contributed by atoms with Crippen LogP contribution in [0.25, 0.3) is 16.5 Å². The summed E-state index contributed by atoms with van der Waals surface area (Å²) < 4.78 is 72.6. The summed E-state index contributed by atoms with van der Waals surface area (Å²) in [5.74, 6) is -4.84. The second kappa shape index (κ2) is 9.90. The second-order valence-electron chi connectivity index (χ2n) is 11.4. The molecular weight excluding hydrogens is 641 g/mol. The number of para-hydroxylation sites is 1. The number of carbonyl (C=O) groups excluding carboxylic acids is 1. The third kappa shape index (κ3) is 5.11. The quantitative estimate of drug-likeness (QED) is 0.279. The molecule has 43 heavy (non-hydrogen) atoms. The van der Waals surface area contributed by atoms with Crippen molar-refractivity contribution in [1.29, 1.82) is 0 Å². The zero-order chi connectivity index (χ0) is 30.9. The van der Waals surface area contributed by atoms with Crippen LogP contribution >= 0.6 is 15.9 Å². The summed E-state index contributed by atoms with van der Waals surface area (Å²) in [4.78, 5) is 32.6. The summed E-state index contributed by atoms with van der Waals surface area (Å²) in [5, 5.41) is 13.6. The fourth-order valence-corrected chi connectivity index (χ4v) is 6.88. The number of carboxylic acids is 1. The van der Waals surface area contributed by atoms with Gasteiger partial charge in [-0.2, -0.15) is 0 Å². The standard InChI is InChI=1S/C30H25BrF5N3O4/c1-16-23(19-12-17(31)6-7-21(19)37-24(16)39-14-29(32,33)15-39)25(40)38-28-10-8-27(9-11-28,26(41)42)13-20(28)18-4-2-3-5-22(18)43-30(34,35)36/h2-7,12-13H,8-11,14-15H2,1H3,(H,38,40)(H,41,42). The number of aromatic nitrogens is 1. The van der Waals surface area contributed by atoms with Crippen LogP contribution in [0.2, 0.25) is 0 Å². The summed E-state index contributed by atoms with van der Waals surface area (Å²) in [6, 6.07) is 10.5. The molecule has 3 aromatic rings. The lowest BCUT2D eigenvalue weighted by Crippen LogP contribution is -2.58. The highest BCUT2D eigenvalue weighted by Gasteiger charge is 2.55. The first-order valence-electron chi connectivity index (χ1n) is 13.5. The van der Waals surface area contributed by atoms with Crippen molar-refractivity contribution in [3.8, 4) is 5.75 Å². The fourth-order valence-electron chi connectivity index (χ4n) is 6.52. The van der Waals surface area contributed by atoms with E-state index in [1.165, 1.54) is 29.2 Å². The van der Waals surface area contributed by atoms with Crippen molar-refractivity contribution in [3.63, 3.8) is 0 Å². The van der Waals surface area contributed by atoms with E-state index >= 15 is 0 Å². The number of hydrogen-bond acceptors (Lipinski definition) is 5. The van der Waals surface area contributed by atoms with Gasteiger partial charge in [-0.25, -0.2) is 13.8 Å². The maximum Gasteiger partial charge on any atom is 0.573 e. The van der Waals surface area contributed by atoms with E-state index in [0.717, 1.165) is 6.07 Å². The van der Waals surface area contributed by atoms with Crippen molar-refractivity contribution in [2.75, 3.05) is 18.0 Å². The summed E-state index contributed by atoms with van der Waals surface area (Å²) in [6.45, 7) is 0.522. The number of carbonyl (C=O) groups is 2. The highest BCUT2D eigenvalue weighted by Crippen LogP contribution is 2.56. The predicted octanol–water partition coefficient (Wildman–Crippen LogP) is 6.87. The van der Waals surface area contributed by atoms with Gasteiger partial charge in [0.1, 0.15) is 11.6 Å². The van der Waals surface area contributed by atoms with E-state index in [0.29, 0.717) is 20.9 Å². The summed E-state index contributed by atoms with van der Waals surface area (Å²) in [7, 11) is 0. The number of halogens is 6. The van der Waals surface area contributed by atoms with Crippen molar-refractivity contribution < 1.29 is 41.4 Å². The molecule has 7 rings (SSSR count). The first-order chi connectivity index (χ1) is 20.1. The first-order valence-corrected chi connectivity index (χ1v) is 14.3. The van der Waals surface area contributed by atoms with E-state index in [1.807, 2.05) is 0 Å². The van der Waals surface area contributed by atoms with Crippen molar-refractivity contribution in [2.45, 2.75) is 50.4 Å². The molecule has 1 amide bonds. The lowest BCUT2D eigenvalue weighted by molar-refractivity contribution is -0.274. The van der Waals surface area contributed by atoms with Gasteiger partial charge in [0.05, 0.1) is 35.1 Å². The Balaban J connectivity index is 1.47. The van der Waals surface area contributed by atoms with Crippen molar-refractivity contribution >= 4 is 50.1 Å². The maximum absolute atomic E-state index is 14.3. The van der Waals surface area contributed by atoms with Crippen LogP contribution in [-0.4, -0.2) is 52.9 Å². The minimum Gasteiger partial charge on any atom is -0.481 e. The van der Waals surface area contributed by atoms with Gasteiger partial charge in [-0.15, -0.1) is 13.2 Å². The zero-order valence-corrected chi connectivity index (χ0v) is 24.3. The van der Waals surface area contributed by atoms with E-state index in [2.05, 4.69) is 31.0 Å². The van der Waals surface area contributed by atoms with E-state index in [4.69, 9.17) is 0 Å². The monoisotopic (exact) mass is 665 g/mol. The SMILES string of the molecule is Cc1c(N2CC(F)(F)C2)nc2ccc(Br)cc2c1C(=O)NC12CCC(C(=O)O)(C=C1c1ccccc1OC(F)(F)F)CC2. The lowest BCUT2D eigenvalue weighted by atomic mass is 9.57. The van der Waals surface area contributed by atoms with E-state index in [1.54, 1.807) is 25.1 Å². The number of benzene rings is 2. The average Bonchev–Trinajstić information content (AvgIpc) is 2.91. The summed E-state index contributed by atoms with van der Waals surface area (Å²) in [6.07, 6.45) is -2.95. The van der Waals surface area contributed by atoms with Crippen LogP contribution in [-0.2, 0) is 4.79 Å². The number of carboxylic acid groups (broad SMARTS) is 1. The number of nitrogens with one attached hydrogen (secondary N) is 1. The maximum atomic E-state index is 14.3. The van der Waals surface area contributed by atoms with Crippen molar-refractivity contribution in [1.82, 2.24) is 10.3 Å². The van der Waals surface area contributed by atoms with E-state index < -0.39 is 54.0 Å². The number of anilines is 1. The van der Waals surface area contributed by atoms with E-state index in [-0.39, 0.29) is 48.2 Å². The molecule has 2 bridgehead atoms. The smallest absolute Gasteiger partial charge is 0.481 e. The number of aliphatic carboxylic acids is 1. The van der Waals surface area contributed by atoms with Gasteiger partial charge in [-0.1, -0.05) is 40.2 Å². The number of pyridine rings is 1. The van der Waals surface area contributed by atoms with Gasteiger partial charge in [-0.05, 0) is 62.4 Å². The highest BCUT2D eigenvalue weighted by atomic mass is 79.9. The average molecular weight is 666 g/mol. The van der Waals surface area contributed by atoms with Gasteiger partial charge in [0, 0.05) is 21.0 Å². The van der Waals surface area contributed by atoms with Crippen LogP contribution in [0.15, 0.2) is 53.0 Å². The van der Waals surface area contributed by atoms with Gasteiger partial charge in [0.25, 0.3) is 11.8 Å². The number of ether oxygens (including phenoxy) is 1. The molecule has 0 radical (unpaired) electrons. The molecule has 1 saturated heterocycles. The molecule has 1 aliphatic heterocycles. The highest BCUT2D eigenvalue weighted by molar-refractivity contribution is 9.10. The Morgan fingerprint density at radius 1 is 1.07 bits per heavy atom. The summed E-state index contributed by atoms with van der Waals surface area (Å²) >= 11 is 3.41. The molecule has 0 atom stereocenters. The molecule has 1 aromatic heterocycles. The van der Waals surface area contributed by atoms with Crippen molar-refractivity contribution in [2.24, 2.45) is 5.41 Å². The molecule has 2 aromatic carbocycles. The molecule has 0 spiro atoms. The number of rotatable bonds is 6. The minimum atomic E-state index is -5.00. The van der Waals surface area contributed by atoms with Gasteiger partial charge in [0.15, 0.2) is 0 Å². The molecule has 2 fully saturated rings. The topological polar surface area (TPSA) is 91.8 Å². The fraction of sp³-hybridized carbons (Fsp3) is 0.367. The molecule has 0 unspecified atom stereocenters. The minimum absolute atomic E-state index is 0.0210. The van der Waals surface area contributed by atoms with Crippen LogP contribution in [0.4, 0.5) is 27.8 Å². The lowest BCUT2D eigenvalue weighted by Gasteiger charge is -2.51. The Morgan fingerprint density at radius 2 is 1.74 bits per heavy atom. The van der Waals surface area contributed by atoms with Gasteiger partial charge in [-0.3, -0.25) is 9.59 Å². The van der Waals surface area contributed by atoms with Crippen LogP contribution in [0, 0.1) is 12.3 Å². The Morgan fingerprint density at radius 3 is 2.37 bits per heavy atom. The number of hydrogen-bond donors (Lipinski definition) is 2. The second-order valence-corrected chi connectivity index (χ2v) is 12.3. The number of alkyl halides is 5. The predicted molar refractivity (Wildman–Crippen MR) is 151 cm³/mol. The molecule has 226 valence electrons. The molecule has 7 nitrogen and oxygen atoms in total. The third-order valence-corrected chi connectivity index (χ3v) is 9.14. The van der Waals surface area contributed by atoms with Crippen molar-refractivity contribution in [3.05, 3.63) is 69.7 Å². The number of nitrogens with zero attached hydrogens (tertiary/aromatic N) is 2. The molecular formula is C30H25BrF5N3O4. The van der Waals surface area contributed by atoms with E-state index in [9.17, 15) is 36.6 Å². The first kappa shape index (κ1) is 29.3. The van der Waals surface area contributed by atoms with Crippen LogP contribution in [0.5, 0.6) is 5.75 Å². The Hall–Kier alpha value is -3.74.